The molecule has 0 saturated carbocycles. The fraction of sp³-hybridized carbons (Fsp3) is 0.303. The fourth-order valence-electron chi connectivity index (χ4n) is 5.01. The summed E-state index contributed by atoms with van der Waals surface area (Å²) in [7, 11) is 0. The Balaban J connectivity index is 1.12. The Bertz CT molecular complexity index is 1720. The van der Waals surface area contributed by atoms with E-state index in [1.165, 1.54) is 47.0 Å². The predicted molar refractivity (Wildman–Crippen MR) is 172 cm³/mol. The van der Waals surface area contributed by atoms with Gasteiger partial charge in [-0.2, -0.15) is 4.99 Å². The number of nitrogens with one attached hydrogen (secondary N) is 1. The second-order valence-electron chi connectivity index (χ2n) is 10.7. The number of aliphatic imine (C=N–C) groups is 1. The first-order valence-electron chi connectivity index (χ1n) is 14.9. The van der Waals surface area contributed by atoms with E-state index in [0.717, 1.165) is 60.0 Å². The van der Waals surface area contributed by atoms with Crippen molar-refractivity contribution in [1.82, 2.24) is 20.1 Å². The summed E-state index contributed by atoms with van der Waals surface area (Å²) in [5.74, 6) is 0.326. The molecule has 1 fully saturated rings. The van der Waals surface area contributed by atoms with E-state index in [1.54, 1.807) is 4.90 Å². The van der Waals surface area contributed by atoms with Crippen LogP contribution < -0.4 is 15.0 Å². The van der Waals surface area contributed by atoms with Gasteiger partial charge in [-0.25, -0.2) is 14.5 Å². The van der Waals surface area contributed by atoms with E-state index in [9.17, 15) is 22.8 Å². The first-order valence-corrected chi connectivity index (χ1v) is 15.9. The van der Waals surface area contributed by atoms with Crippen molar-refractivity contribution in [2.45, 2.75) is 52.3 Å². The number of thioether (sulfide) groups is 1. The van der Waals surface area contributed by atoms with Crippen molar-refractivity contribution in [1.29, 1.82) is 0 Å². The van der Waals surface area contributed by atoms with Gasteiger partial charge in [-0.15, -0.1) is 18.3 Å². The van der Waals surface area contributed by atoms with Crippen molar-refractivity contribution in [3.8, 4) is 22.8 Å². The zero-order valence-corrected chi connectivity index (χ0v) is 26.2. The van der Waals surface area contributed by atoms with E-state index < -0.39 is 12.4 Å². The lowest BCUT2D eigenvalue weighted by Gasteiger charge is -2.20. The minimum Gasteiger partial charge on any atom is -0.406 e. The highest BCUT2D eigenvalue weighted by molar-refractivity contribution is 8.15. The fourth-order valence-corrected chi connectivity index (χ4v) is 5.86. The molecule has 1 saturated heterocycles. The summed E-state index contributed by atoms with van der Waals surface area (Å²) in [5.41, 5.74) is 5.30. The second kappa shape index (κ2) is 14.6. The highest BCUT2D eigenvalue weighted by Crippen LogP contribution is 2.31. The number of urea groups is 1. The van der Waals surface area contributed by atoms with Crippen LogP contribution in [0.2, 0.25) is 0 Å². The summed E-state index contributed by atoms with van der Waals surface area (Å²) in [6, 6.07) is 18.7. The molecule has 0 spiro atoms. The van der Waals surface area contributed by atoms with Crippen molar-refractivity contribution in [3.05, 3.63) is 89.7 Å². The number of nitrogens with zero attached hydrogens (tertiary/aromatic N) is 5. The summed E-state index contributed by atoms with van der Waals surface area (Å²) in [6.07, 6.45) is 0.829. The second-order valence-corrected chi connectivity index (χ2v) is 11.7. The maximum atomic E-state index is 12.7. The number of ether oxygens (including phenoxy) is 1. The van der Waals surface area contributed by atoms with Gasteiger partial charge in [0.15, 0.2) is 11.0 Å². The van der Waals surface area contributed by atoms with Gasteiger partial charge in [0, 0.05) is 12.1 Å². The van der Waals surface area contributed by atoms with Crippen molar-refractivity contribution in [3.63, 3.8) is 0 Å². The van der Waals surface area contributed by atoms with Crippen molar-refractivity contribution >= 4 is 34.6 Å². The molecule has 0 radical (unpaired) electrons. The Hall–Kier alpha value is -4.65. The van der Waals surface area contributed by atoms with E-state index in [2.05, 4.69) is 32.1 Å². The molecule has 46 heavy (non-hydrogen) atoms. The molecule has 0 unspecified atom stereocenters. The van der Waals surface area contributed by atoms with Crippen molar-refractivity contribution in [2.75, 3.05) is 17.2 Å². The number of hydrogen-bond donors (Lipinski definition) is 1. The lowest BCUT2D eigenvalue weighted by atomic mass is 10.0. The molecule has 3 aromatic carbocycles. The lowest BCUT2D eigenvalue weighted by Crippen LogP contribution is -2.32. The van der Waals surface area contributed by atoms with Gasteiger partial charge in [-0.05, 0) is 85.7 Å². The topological polar surface area (TPSA) is 102 Å². The van der Waals surface area contributed by atoms with E-state index >= 15 is 0 Å². The van der Waals surface area contributed by atoms with Crippen LogP contribution in [0.25, 0.3) is 17.1 Å². The van der Waals surface area contributed by atoms with Crippen LogP contribution in [0.3, 0.4) is 0 Å². The number of amidine groups is 1. The van der Waals surface area contributed by atoms with E-state index in [1.807, 2.05) is 49.4 Å². The molecule has 1 aromatic heterocycles. The zero-order chi connectivity index (χ0) is 32.7. The Morgan fingerprint density at radius 2 is 1.87 bits per heavy atom. The monoisotopic (exact) mass is 650 g/mol. The molecule has 1 N–H and O–H groups in total. The van der Waals surface area contributed by atoms with Crippen LogP contribution in [0.1, 0.15) is 42.9 Å². The summed E-state index contributed by atoms with van der Waals surface area (Å²) in [5, 5.41) is 7.71. The number of unbranched alkanes of at least 4 members (excludes halogenated alkanes) is 1. The van der Waals surface area contributed by atoms with Gasteiger partial charge in [0.25, 0.3) is 0 Å². The smallest absolute Gasteiger partial charge is 0.406 e. The standard InChI is InChI=1S/C33H33F3N6O3S/c1-3-7-24-12-11-22(2)18-28(24)42-29(43)20-46-32(42)39-31(44)37-17-5-4-8-23-9-6-10-25(19-23)30-38-21-41(40-30)26-13-15-27(16-14-26)45-33(34,35)36/h6,9-16,18-19,21H,3-5,7-8,17,20H2,1-2H3,(H,37,44). The van der Waals surface area contributed by atoms with Gasteiger partial charge in [0.05, 0.1) is 17.1 Å². The number of anilines is 1. The number of benzene rings is 3. The average molecular weight is 651 g/mol. The van der Waals surface area contributed by atoms with E-state index in [0.29, 0.717) is 23.2 Å². The number of aryl methyl sites for hydroxylation is 3. The third-order valence-corrected chi connectivity index (χ3v) is 8.07. The molecule has 0 aliphatic carbocycles. The molecule has 3 amide bonds. The molecule has 9 nitrogen and oxygen atoms in total. The number of halogens is 3. The highest BCUT2D eigenvalue weighted by Gasteiger charge is 2.32. The molecule has 13 heteroatoms. The number of hydrogen-bond acceptors (Lipinski definition) is 6. The third-order valence-electron chi connectivity index (χ3n) is 7.14. The largest absolute Gasteiger partial charge is 0.573 e. The van der Waals surface area contributed by atoms with Crippen LogP contribution in [0.5, 0.6) is 5.75 Å². The zero-order valence-electron chi connectivity index (χ0n) is 25.4. The number of rotatable bonds is 11. The molecule has 0 bridgehead atoms. The van der Waals surface area contributed by atoms with Gasteiger partial charge >= 0.3 is 12.4 Å². The van der Waals surface area contributed by atoms with Crippen LogP contribution in [-0.2, 0) is 17.6 Å². The Morgan fingerprint density at radius 1 is 1.07 bits per heavy atom. The maximum Gasteiger partial charge on any atom is 0.573 e. The van der Waals surface area contributed by atoms with Gasteiger partial charge in [-0.3, -0.25) is 9.69 Å². The minimum atomic E-state index is -4.75. The molecular weight excluding hydrogens is 617 g/mol. The van der Waals surface area contributed by atoms with Gasteiger partial charge in [0.1, 0.15) is 12.1 Å². The van der Waals surface area contributed by atoms with E-state index in [-0.39, 0.29) is 17.4 Å². The van der Waals surface area contributed by atoms with Crippen molar-refractivity contribution < 1.29 is 27.5 Å². The summed E-state index contributed by atoms with van der Waals surface area (Å²) >= 11 is 1.27. The number of aromatic nitrogens is 3. The normalized spacial score (nSPS) is 14.2. The number of carbonyl (C=O) groups excluding carboxylic acids is 2. The van der Waals surface area contributed by atoms with Crippen LogP contribution in [-0.4, -0.2) is 50.5 Å². The lowest BCUT2D eigenvalue weighted by molar-refractivity contribution is -0.274. The summed E-state index contributed by atoms with van der Waals surface area (Å²) < 4.78 is 42.7. The number of amides is 3. The Morgan fingerprint density at radius 3 is 2.63 bits per heavy atom. The van der Waals surface area contributed by atoms with Crippen molar-refractivity contribution in [2.24, 2.45) is 4.99 Å². The third kappa shape index (κ3) is 8.53. The molecule has 1 aliphatic heterocycles. The quantitative estimate of drug-likeness (QED) is 0.172. The highest BCUT2D eigenvalue weighted by atomic mass is 32.2. The molecule has 2 heterocycles. The molecule has 0 atom stereocenters. The SMILES string of the molecule is CCCc1ccc(C)cc1N1C(=O)CSC1=NC(=O)NCCCCc1cccc(-c2ncn(-c3ccc(OC(F)(F)F)cc3)n2)c1. The van der Waals surface area contributed by atoms with Crippen LogP contribution in [0, 0.1) is 6.92 Å². The molecule has 240 valence electrons. The Kier molecular flexibility index (Phi) is 10.4. The minimum absolute atomic E-state index is 0.0858. The van der Waals surface area contributed by atoms with Crippen LogP contribution in [0.15, 0.2) is 78.0 Å². The predicted octanol–water partition coefficient (Wildman–Crippen LogP) is 7.26. The first kappa shape index (κ1) is 32.7. The van der Waals surface area contributed by atoms with Gasteiger partial charge in [0.2, 0.25) is 5.91 Å². The maximum absolute atomic E-state index is 12.7. The van der Waals surface area contributed by atoms with Gasteiger partial charge < -0.3 is 10.1 Å². The molecule has 5 rings (SSSR count). The molecule has 4 aromatic rings. The molecule has 1 aliphatic rings. The summed E-state index contributed by atoms with van der Waals surface area (Å²) in [6.45, 7) is 4.51. The number of carbonyl (C=O) groups is 2. The average Bonchev–Trinajstić information content (AvgIpc) is 3.65. The first-order chi connectivity index (χ1) is 22.1. The van der Waals surface area contributed by atoms with Crippen LogP contribution in [0.4, 0.5) is 23.7 Å². The van der Waals surface area contributed by atoms with Gasteiger partial charge in [-0.1, -0.05) is 55.4 Å². The molecular formula is C33H33F3N6O3S. The van der Waals surface area contributed by atoms with Crippen LogP contribution >= 0.6 is 11.8 Å². The Labute approximate surface area is 268 Å². The summed E-state index contributed by atoms with van der Waals surface area (Å²) in [4.78, 5) is 35.6. The van der Waals surface area contributed by atoms with E-state index in [4.69, 9.17) is 0 Å². The number of alkyl halides is 3.